The van der Waals surface area contributed by atoms with E-state index in [1.54, 1.807) is 4.90 Å². The van der Waals surface area contributed by atoms with Gasteiger partial charge in [0.2, 0.25) is 11.8 Å². The highest BCUT2D eigenvalue weighted by Gasteiger charge is 2.32. The van der Waals surface area contributed by atoms with Crippen molar-refractivity contribution in [2.45, 2.75) is 71.0 Å². The Bertz CT molecular complexity index is 1100. The van der Waals surface area contributed by atoms with Crippen molar-refractivity contribution in [2.24, 2.45) is 0 Å². The van der Waals surface area contributed by atoms with Crippen LogP contribution in [-0.4, -0.2) is 28.8 Å². The minimum absolute atomic E-state index is 0.0306. The fourth-order valence-corrected chi connectivity index (χ4v) is 4.79. The maximum atomic E-state index is 13.8. The summed E-state index contributed by atoms with van der Waals surface area (Å²) in [5.74, 6) is -0.0814. The first-order valence-corrected chi connectivity index (χ1v) is 12.7. The molecule has 0 spiro atoms. The monoisotopic (exact) mass is 468 g/mol. The lowest BCUT2D eigenvalue weighted by molar-refractivity contribution is -0.141. The summed E-state index contributed by atoms with van der Waals surface area (Å²) in [7, 11) is 0. The molecule has 0 aliphatic heterocycles. The molecule has 3 aromatic rings. The van der Waals surface area contributed by atoms with E-state index in [2.05, 4.69) is 36.5 Å². The zero-order valence-electron chi connectivity index (χ0n) is 20.9. The van der Waals surface area contributed by atoms with Gasteiger partial charge in [0.15, 0.2) is 0 Å². The van der Waals surface area contributed by atoms with Crippen LogP contribution in [0.1, 0.15) is 53.5 Å². The van der Waals surface area contributed by atoms with Crippen LogP contribution in [0.2, 0.25) is 0 Å². The van der Waals surface area contributed by atoms with Crippen molar-refractivity contribution in [3.05, 3.63) is 107 Å². The highest BCUT2D eigenvalue weighted by Crippen LogP contribution is 2.21. The van der Waals surface area contributed by atoms with E-state index in [-0.39, 0.29) is 24.3 Å². The van der Waals surface area contributed by atoms with Gasteiger partial charge in [0, 0.05) is 19.0 Å². The molecule has 35 heavy (non-hydrogen) atoms. The summed E-state index contributed by atoms with van der Waals surface area (Å²) < 4.78 is 0. The summed E-state index contributed by atoms with van der Waals surface area (Å²) in [6, 6.07) is 25.9. The van der Waals surface area contributed by atoms with Gasteiger partial charge in [0.25, 0.3) is 0 Å². The van der Waals surface area contributed by atoms with Crippen LogP contribution in [0.4, 0.5) is 0 Å². The molecule has 0 unspecified atom stereocenters. The van der Waals surface area contributed by atoms with E-state index < -0.39 is 6.04 Å². The van der Waals surface area contributed by atoms with Gasteiger partial charge in [-0.15, -0.1) is 0 Å². The molecule has 4 heteroatoms. The third-order valence-corrected chi connectivity index (χ3v) is 6.92. The van der Waals surface area contributed by atoms with Crippen LogP contribution in [0.15, 0.2) is 78.9 Å². The van der Waals surface area contributed by atoms with Crippen LogP contribution >= 0.6 is 0 Å². The molecule has 0 bridgehead atoms. The van der Waals surface area contributed by atoms with Crippen LogP contribution in [0.5, 0.6) is 0 Å². The van der Waals surface area contributed by atoms with Gasteiger partial charge >= 0.3 is 0 Å². The van der Waals surface area contributed by atoms with Crippen LogP contribution < -0.4 is 5.32 Å². The minimum atomic E-state index is -0.572. The lowest BCUT2D eigenvalue weighted by Crippen LogP contribution is -2.52. The normalized spacial score (nSPS) is 14.5. The van der Waals surface area contributed by atoms with E-state index >= 15 is 0 Å². The van der Waals surface area contributed by atoms with Gasteiger partial charge in [-0.3, -0.25) is 9.59 Å². The van der Waals surface area contributed by atoms with E-state index in [4.69, 9.17) is 0 Å². The first-order valence-electron chi connectivity index (χ1n) is 12.7. The Morgan fingerprint density at radius 2 is 1.37 bits per heavy atom. The van der Waals surface area contributed by atoms with E-state index in [9.17, 15) is 9.59 Å². The molecule has 4 nitrogen and oxygen atoms in total. The zero-order chi connectivity index (χ0) is 24.6. The Morgan fingerprint density at radius 1 is 0.800 bits per heavy atom. The smallest absolute Gasteiger partial charge is 0.243 e. The molecule has 0 heterocycles. The number of benzene rings is 3. The van der Waals surface area contributed by atoms with Gasteiger partial charge in [-0.1, -0.05) is 103 Å². The molecule has 3 aromatic carbocycles. The van der Waals surface area contributed by atoms with Crippen molar-refractivity contribution in [1.29, 1.82) is 0 Å². The number of nitrogens with one attached hydrogen (secondary N) is 1. The van der Waals surface area contributed by atoms with Crippen LogP contribution in [0, 0.1) is 13.8 Å². The highest BCUT2D eigenvalue weighted by atomic mass is 16.2. The lowest BCUT2D eigenvalue weighted by Gasteiger charge is -2.32. The Balaban J connectivity index is 1.64. The second-order valence-electron chi connectivity index (χ2n) is 9.87. The van der Waals surface area contributed by atoms with Gasteiger partial charge in [0.05, 0.1) is 6.42 Å². The molecule has 1 fully saturated rings. The molecule has 0 aromatic heterocycles. The van der Waals surface area contributed by atoms with Gasteiger partial charge in [-0.25, -0.2) is 0 Å². The van der Waals surface area contributed by atoms with Gasteiger partial charge in [0.1, 0.15) is 6.04 Å². The predicted octanol–water partition coefficient (Wildman–Crippen LogP) is 5.54. The standard InChI is InChI=1S/C31H36N2O2/c1-23-12-16-26(17-13-23)21-30(34)33(22-27-18-14-24(2)15-19-27)29(20-25-8-4-3-5-9-25)31(35)32-28-10-6-7-11-28/h3-5,8-9,12-19,28-29H,6-7,10-11,20-22H2,1-2H3,(H,32,35)/t29-/m0/s1. The Labute approximate surface area is 209 Å². The van der Waals surface area contributed by atoms with E-state index in [0.29, 0.717) is 13.0 Å². The number of nitrogens with zero attached hydrogens (tertiary/aromatic N) is 1. The number of hydrogen-bond donors (Lipinski definition) is 1. The summed E-state index contributed by atoms with van der Waals surface area (Å²) in [5, 5.41) is 3.27. The molecule has 0 saturated heterocycles. The summed E-state index contributed by atoms with van der Waals surface area (Å²) >= 11 is 0. The molecule has 1 aliphatic rings. The van der Waals surface area contributed by atoms with Crippen LogP contribution in [-0.2, 0) is 29.0 Å². The first-order chi connectivity index (χ1) is 17.0. The summed E-state index contributed by atoms with van der Waals surface area (Å²) in [6.07, 6.45) is 5.08. The SMILES string of the molecule is Cc1ccc(CC(=O)N(Cc2ccc(C)cc2)[C@@H](Cc2ccccc2)C(=O)NC2CCCC2)cc1. The summed E-state index contributed by atoms with van der Waals surface area (Å²) in [4.78, 5) is 29.3. The molecular formula is C31H36N2O2. The fraction of sp³-hybridized carbons (Fsp3) is 0.355. The molecule has 1 aliphatic carbocycles. The van der Waals surface area contributed by atoms with Gasteiger partial charge in [-0.05, 0) is 43.4 Å². The molecule has 4 rings (SSSR count). The first kappa shape index (κ1) is 24.7. The predicted molar refractivity (Wildman–Crippen MR) is 141 cm³/mol. The molecule has 1 N–H and O–H groups in total. The average Bonchev–Trinajstić information content (AvgIpc) is 3.37. The van der Waals surface area contributed by atoms with Crippen molar-refractivity contribution >= 4 is 11.8 Å². The third-order valence-electron chi connectivity index (χ3n) is 6.92. The number of amides is 2. The molecule has 2 amide bonds. The summed E-state index contributed by atoms with van der Waals surface area (Å²) in [5.41, 5.74) is 5.38. The van der Waals surface area contributed by atoms with Crippen LogP contribution in [0.25, 0.3) is 0 Å². The molecule has 1 saturated carbocycles. The number of carbonyl (C=O) groups excluding carboxylic acids is 2. The summed E-state index contributed by atoms with van der Waals surface area (Å²) in [6.45, 7) is 4.50. The maximum absolute atomic E-state index is 13.8. The van der Waals surface area contributed by atoms with Crippen molar-refractivity contribution in [3.8, 4) is 0 Å². The Kier molecular flexibility index (Phi) is 8.36. The number of hydrogen-bond acceptors (Lipinski definition) is 2. The molecule has 1 atom stereocenters. The molecular weight excluding hydrogens is 432 g/mol. The second kappa shape index (κ2) is 11.8. The van der Waals surface area contributed by atoms with Crippen molar-refractivity contribution in [2.75, 3.05) is 0 Å². The van der Waals surface area contributed by atoms with Crippen LogP contribution in [0.3, 0.4) is 0 Å². The maximum Gasteiger partial charge on any atom is 0.243 e. The van der Waals surface area contributed by atoms with Gasteiger partial charge < -0.3 is 10.2 Å². The topological polar surface area (TPSA) is 49.4 Å². The zero-order valence-corrected chi connectivity index (χ0v) is 20.9. The number of aryl methyl sites for hydroxylation is 2. The number of carbonyl (C=O) groups is 2. The third kappa shape index (κ3) is 7.05. The van der Waals surface area contributed by atoms with E-state index in [0.717, 1.165) is 47.9 Å². The highest BCUT2D eigenvalue weighted by molar-refractivity contribution is 5.89. The Hall–Kier alpha value is -3.40. The largest absolute Gasteiger partial charge is 0.352 e. The molecule has 182 valence electrons. The van der Waals surface area contributed by atoms with Crippen molar-refractivity contribution in [3.63, 3.8) is 0 Å². The lowest BCUT2D eigenvalue weighted by atomic mass is 10.0. The second-order valence-corrected chi connectivity index (χ2v) is 9.87. The van der Waals surface area contributed by atoms with E-state index in [1.807, 2.05) is 61.5 Å². The fourth-order valence-electron chi connectivity index (χ4n) is 4.79. The Morgan fingerprint density at radius 3 is 1.97 bits per heavy atom. The van der Waals surface area contributed by atoms with E-state index in [1.165, 1.54) is 5.56 Å². The number of rotatable bonds is 9. The van der Waals surface area contributed by atoms with Crippen molar-refractivity contribution in [1.82, 2.24) is 10.2 Å². The minimum Gasteiger partial charge on any atom is -0.352 e. The van der Waals surface area contributed by atoms with Gasteiger partial charge in [-0.2, -0.15) is 0 Å². The quantitative estimate of drug-likeness (QED) is 0.448. The average molecular weight is 469 g/mol. The van der Waals surface area contributed by atoms with Crippen molar-refractivity contribution < 1.29 is 9.59 Å². The molecule has 0 radical (unpaired) electrons.